The van der Waals surface area contributed by atoms with Gasteiger partial charge in [-0.1, -0.05) is 17.7 Å². The summed E-state index contributed by atoms with van der Waals surface area (Å²) in [6, 6.07) is 5.73. The summed E-state index contributed by atoms with van der Waals surface area (Å²) < 4.78 is 0. The maximum absolute atomic E-state index is 11.4. The van der Waals surface area contributed by atoms with Crippen molar-refractivity contribution in [3.05, 3.63) is 34.3 Å². The van der Waals surface area contributed by atoms with Crippen molar-refractivity contribution in [1.29, 1.82) is 0 Å². The third-order valence-electron chi connectivity index (χ3n) is 2.88. The maximum atomic E-state index is 11.4. The van der Waals surface area contributed by atoms with Gasteiger partial charge >= 0.3 is 0 Å². The van der Waals surface area contributed by atoms with Gasteiger partial charge in [0.05, 0.1) is 6.42 Å². The van der Waals surface area contributed by atoms with E-state index in [0.717, 1.165) is 11.1 Å². The smallest absolute Gasteiger partial charge is 0.140 e. The topological polar surface area (TPSA) is 34.1 Å². The lowest BCUT2D eigenvalue weighted by Crippen LogP contribution is -2.21. The van der Waals surface area contributed by atoms with Gasteiger partial charge in [-0.25, -0.2) is 0 Å². The number of hydrogen-bond acceptors (Lipinski definition) is 2. The molecule has 2 nitrogen and oxygen atoms in total. The largest absolute Gasteiger partial charge is 0.299 e. The molecule has 1 saturated carbocycles. The Kier molecular flexibility index (Phi) is 3.10. The van der Waals surface area contributed by atoms with Crippen molar-refractivity contribution in [2.45, 2.75) is 32.1 Å². The Bertz CT molecular complexity index is 415. The maximum Gasteiger partial charge on any atom is 0.140 e. The Morgan fingerprint density at radius 3 is 2.31 bits per heavy atom. The minimum atomic E-state index is 0.0196. The zero-order valence-corrected chi connectivity index (χ0v) is 9.88. The third-order valence-corrected chi connectivity index (χ3v) is 3.10. The van der Waals surface area contributed by atoms with Gasteiger partial charge in [-0.2, -0.15) is 0 Å². The van der Waals surface area contributed by atoms with E-state index in [4.69, 9.17) is 11.6 Å². The second-order valence-corrected chi connectivity index (χ2v) is 4.86. The predicted octanol–water partition coefficient (Wildman–Crippen LogP) is 3.05. The van der Waals surface area contributed by atoms with Crippen LogP contribution in [0.1, 0.15) is 36.3 Å². The highest BCUT2D eigenvalue weighted by molar-refractivity contribution is 6.30. The molecule has 0 aromatic heterocycles. The minimum absolute atomic E-state index is 0.0196. The van der Waals surface area contributed by atoms with Gasteiger partial charge in [0.25, 0.3) is 0 Å². The lowest BCUT2D eigenvalue weighted by atomic mass is 9.82. The molecule has 2 rings (SSSR count). The van der Waals surface area contributed by atoms with Crippen molar-refractivity contribution in [1.82, 2.24) is 0 Å². The van der Waals surface area contributed by atoms with E-state index in [1.165, 1.54) is 0 Å². The van der Waals surface area contributed by atoms with Crippen molar-refractivity contribution in [2.75, 3.05) is 0 Å². The lowest BCUT2D eigenvalue weighted by Gasteiger charge is -2.20. The molecule has 16 heavy (non-hydrogen) atoms. The van der Waals surface area contributed by atoms with Gasteiger partial charge in [-0.05, 0) is 36.1 Å². The highest BCUT2D eigenvalue weighted by Gasteiger charge is 2.26. The normalized spacial score (nSPS) is 17.9. The summed E-state index contributed by atoms with van der Waals surface area (Å²) in [4.78, 5) is 22.7. The molecule has 84 valence electrons. The summed E-state index contributed by atoms with van der Waals surface area (Å²) in [5.74, 6) is 0.101. The molecule has 0 N–H and O–H groups in total. The van der Waals surface area contributed by atoms with E-state index < -0.39 is 0 Å². The third kappa shape index (κ3) is 2.50. The Morgan fingerprint density at radius 1 is 1.12 bits per heavy atom. The van der Waals surface area contributed by atoms with Crippen molar-refractivity contribution in [3.63, 3.8) is 0 Å². The average Bonchev–Trinajstić information content (AvgIpc) is 2.14. The van der Waals surface area contributed by atoms with Gasteiger partial charge in [0, 0.05) is 17.9 Å². The van der Waals surface area contributed by atoms with Gasteiger partial charge in [0.1, 0.15) is 11.6 Å². The zero-order chi connectivity index (χ0) is 11.7. The minimum Gasteiger partial charge on any atom is -0.299 e. The van der Waals surface area contributed by atoms with Crippen LogP contribution in [0.3, 0.4) is 0 Å². The molecule has 0 atom stereocenters. The molecule has 0 aliphatic heterocycles. The first-order chi connectivity index (χ1) is 7.54. The fourth-order valence-electron chi connectivity index (χ4n) is 2.22. The first kappa shape index (κ1) is 11.3. The number of carbonyl (C=O) groups is 2. The monoisotopic (exact) mass is 236 g/mol. The number of aryl methyl sites for hydroxylation is 1. The highest BCUT2D eigenvalue weighted by Crippen LogP contribution is 2.31. The predicted molar refractivity (Wildman–Crippen MR) is 62.8 cm³/mol. The van der Waals surface area contributed by atoms with E-state index >= 15 is 0 Å². The molecular weight excluding hydrogens is 224 g/mol. The molecule has 0 saturated heterocycles. The second kappa shape index (κ2) is 4.38. The molecule has 1 aliphatic carbocycles. The van der Waals surface area contributed by atoms with Crippen molar-refractivity contribution in [3.8, 4) is 0 Å². The van der Waals surface area contributed by atoms with Crippen molar-refractivity contribution < 1.29 is 9.59 Å². The van der Waals surface area contributed by atoms with E-state index in [-0.39, 0.29) is 23.9 Å². The lowest BCUT2D eigenvalue weighted by molar-refractivity contribution is -0.130. The number of hydrogen-bond donors (Lipinski definition) is 0. The number of Topliss-reactive ketones (excluding diaryl/α,β-unsaturated/α-hetero) is 2. The molecule has 0 unspecified atom stereocenters. The number of rotatable bonds is 1. The van der Waals surface area contributed by atoms with E-state index in [1.807, 2.05) is 25.1 Å². The van der Waals surface area contributed by atoms with Crippen LogP contribution in [0.2, 0.25) is 5.02 Å². The molecule has 1 aromatic carbocycles. The Labute approximate surface area is 99.6 Å². The van der Waals surface area contributed by atoms with Gasteiger partial charge < -0.3 is 0 Å². The standard InChI is InChI=1S/C13H13ClO2/c1-8-2-9(4-11(14)3-8)10-5-12(15)7-13(16)6-10/h2-4,10H,5-7H2,1H3. The van der Waals surface area contributed by atoms with E-state index in [2.05, 4.69) is 0 Å². The molecule has 0 heterocycles. The van der Waals surface area contributed by atoms with Crippen molar-refractivity contribution in [2.24, 2.45) is 0 Å². The molecule has 0 bridgehead atoms. The summed E-state index contributed by atoms with van der Waals surface area (Å²) >= 11 is 5.97. The Balaban J connectivity index is 2.29. The molecule has 1 fully saturated rings. The zero-order valence-electron chi connectivity index (χ0n) is 9.13. The summed E-state index contributed by atoms with van der Waals surface area (Å²) in [7, 11) is 0. The molecule has 0 spiro atoms. The summed E-state index contributed by atoms with van der Waals surface area (Å²) in [5.41, 5.74) is 2.07. The number of ketones is 2. The van der Waals surface area contributed by atoms with Gasteiger partial charge in [-0.3, -0.25) is 9.59 Å². The van der Waals surface area contributed by atoms with E-state index in [9.17, 15) is 9.59 Å². The molecule has 0 radical (unpaired) electrons. The fraction of sp³-hybridized carbons (Fsp3) is 0.385. The van der Waals surface area contributed by atoms with Crippen LogP contribution in [0, 0.1) is 6.92 Å². The van der Waals surface area contributed by atoms with Crippen molar-refractivity contribution >= 4 is 23.2 Å². The van der Waals surface area contributed by atoms with Crippen LogP contribution < -0.4 is 0 Å². The van der Waals surface area contributed by atoms with Crippen LogP contribution in [0.4, 0.5) is 0 Å². The van der Waals surface area contributed by atoms with E-state index in [0.29, 0.717) is 17.9 Å². The summed E-state index contributed by atoms with van der Waals surface area (Å²) in [6.45, 7) is 1.96. The number of carbonyl (C=O) groups excluding carboxylic acids is 2. The molecule has 1 aromatic rings. The van der Waals surface area contributed by atoms with Crippen LogP contribution in [0.5, 0.6) is 0 Å². The molecule has 3 heteroatoms. The number of halogens is 1. The molecule has 1 aliphatic rings. The van der Waals surface area contributed by atoms with Crippen LogP contribution in [0.25, 0.3) is 0 Å². The second-order valence-electron chi connectivity index (χ2n) is 4.42. The molecule has 0 amide bonds. The van der Waals surface area contributed by atoms with Crippen LogP contribution in [-0.2, 0) is 9.59 Å². The van der Waals surface area contributed by atoms with Gasteiger partial charge in [0.2, 0.25) is 0 Å². The quantitative estimate of drug-likeness (QED) is 0.703. The summed E-state index contributed by atoms with van der Waals surface area (Å²) in [6.07, 6.45) is 1.03. The SMILES string of the molecule is Cc1cc(Cl)cc(C2CC(=O)CC(=O)C2)c1. The summed E-state index contributed by atoms with van der Waals surface area (Å²) in [5, 5.41) is 0.667. The van der Waals surface area contributed by atoms with Crippen LogP contribution in [-0.4, -0.2) is 11.6 Å². The first-order valence-electron chi connectivity index (χ1n) is 5.35. The van der Waals surface area contributed by atoms with E-state index in [1.54, 1.807) is 0 Å². The Hall–Kier alpha value is -1.15. The van der Waals surface area contributed by atoms with Crippen LogP contribution in [0.15, 0.2) is 18.2 Å². The van der Waals surface area contributed by atoms with Gasteiger partial charge in [0.15, 0.2) is 0 Å². The Morgan fingerprint density at radius 2 is 1.75 bits per heavy atom. The fourth-order valence-corrected chi connectivity index (χ4v) is 2.52. The number of benzene rings is 1. The highest BCUT2D eigenvalue weighted by atomic mass is 35.5. The average molecular weight is 237 g/mol. The van der Waals surface area contributed by atoms with Crippen LogP contribution >= 0.6 is 11.6 Å². The first-order valence-corrected chi connectivity index (χ1v) is 5.73. The van der Waals surface area contributed by atoms with Gasteiger partial charge in [-0.15, -0.1) is 0 Å². The molecular formula is C13H13ClO2.